The molecule has 0 fully saturated rings. The minimum atomic E-state index is -0.534. The van der Waals surface area contributed by atoms with E-state index in [1.54, 1.807) is 74.5 Å². The largest absolute Gasteiger partial charge is 0.493 e. The Morgan fingerprint density at radius 1 is 0.943 bits per heavy atom. The van der Waals surface area contributed by atoms with Crippen molar-refractivity contribution in [3.63, 3.8) is 0 Å². The molecule has 1 aliphatic carbocycles. The van der Waals surface area contributed by atoms with E-state index in [1.165, 1.54) is 23.1 Å². The topological polar surface area (TPSA) is 123 Å². The highest BCUT2D eigenvalue weighted by molar-refractivity contribution is 8.00. The van der Waals surface area contributed by atoms with Crippen molar-refractivity contribution >= 4 is 63.6 Å². The minimum absolute atomic E-state index is 0.0293. The summed E-state index contributed by atoms with van der Waals surface area (Å²) >= 11 is 2.80. The van der Waals surface area contributed by atoms with Crippen molar-refractivity contribution in [1.82, 2.24) is 5.32 Å². The van der Waals surface area contributed by atoms with E-state index in [9.17, 15) is 19.2 Å². The average molecular weight is 754 g/mol. The van der Waals surface area contributed by atoms with E-state index in [4.69, 9.17) is 9.47 Å². The van der Waals surface area contributed by atoms with Crippen LogP contribution in [0.25, 0.3) is 6.08 Å². The summed E-state index contributed by atoms with van der Waals surface area (Å²) in [5, 5.41) is 8.71. The molecule has 1 heterocycles. The van der Waals surface area contributed by atoms with Crippen molar-refractivity contribution in [1.29, 1.82) is 0 Å². The van der Waals surface area contributed by atoms with Crippen LogP contribution in [0.4, 0.5) is 10.7 Å². The number of nitrogens with one attached hydrogen (secondary N) is 3. The molecule has 1 aromatic heterocycles. The molecule has 3 aromatic carbocycles. The fraction of sp³-hybridized carbons (Fsp3) is 0.333. The predicted molar refractivity (Wildman–Crippen MR) is 214 cm³/mol. The van der Waals surface area contributed by atoms with Gasteiger partial charge < -0.3 is 25.4 Å². The third kappa shape index (κ3) is 10.2. The lowest BCUT2D eigenvalue weighted by molar-refractivity contribution is -0.115. The van der Waals surface area contributed by atoms with Gasteiger partial charge in [0.25, 0.3) is 11.8 Å². The van der Waals surface area contributed by atoms with Crippen molar-refractivity contribution < 1.29 is 28.7 Å². The molecule has 9 nitrogen and oxygen atoms in total. The highest BCUT2D eigenvalue weighted by Crippen LogP contribution is 2.45. The van der Waals surface area contributed by atoms with Gasteiger partial charge in [0.2, 0.25) is 5.91 Å². The smallest absolute Gasteiger partial charge is 0.341 e. The molecule has 3 N–H and O–H groups in total. The van der Waals surface area contributed by atoms with Gasteiger partial charge >= 0.3 is 5.97 Å². The molecule has 0 radical (unpaired) electrons. The average Bonchev–Trinajstić information content (AvgIpc) is 3.49. The molecule has 0 aliphatic heterocycles. The van der Waals surface area contributed by atoms with Gasteiger partial charge in [-0.25, -0.2) is 4.79 Å². The van der Waals surface area contributed by atoms with Gasteiger partial charge in [-0.05, 0) is 99.4 Å². The third-order valence-corrected chi connectivity index (χ3v) is 11.3. The Morgan fingerprint density at radius 3 is 2.40 bits per heavy atom. The molecule has 53 heavy (non-hydrogen) atoms. The third-order valence-electron chi connectivity index (χ3n) is 9.03. The molecule has 0 saturated heterocycles. The van der Waals surface area contributed by atoms with Crippen LogP contribution < -0.4 is 20.7 Å². The van der Waals surface area contributed by atoms with Gasteiger partial charge in [0.15, 0.2) is 0 Å². The quantitative estimate of drug-likeness (QED) is 0.0708. The van der Waals surface area contributed by atoms with Crippen molar-refractivity contribution in [2.75, 3.05) is 23.8 Å². The van der Waals surface area contributed by atoms with E-state index in [0.29, 0.717) is 45.7 Å². The van der Waals surface area contributed by atoms with E-state index >= 15 is 0 Å². The van der Waals surface area contributed by atoms with Crippen LogP contribution in [0.5, 0.6) is 5.75 Å². The lowest BCUT2D eigenvalue weighted by Gasteiger charge is -2.33. The Morgan fingerprint density at radius 2 is 1.68 bits per heavy atom. The van der Waals surface area contributed by atoms with Crippen LogP contribution in [0.1, 0.15) is 84.7 Å². The van der Waals surface area contributed by atoms with Crippen molar-refractivity contribution in [2.24, 2.45) is 11.3 Å². The number of thioether (sulfide) groups is 1. The fourth-order valence-electron chi connectivity index (χ4n) is 6.13. The van der Waals surface area contributed by atoms with E-state index < -0.39 is 23.0 Å². The Hall–Kier alpha value is -4.87. The lowest BCUT2D eigenvalue weighted by atomic mass is 9.72. The zero-order valence-electron chi connectivity index (χ0n) is 31.0. The number of para-hydroxylation sites is 1. The number of benzene rings is 3. The summed E-state index contributed by atoms with van der Waals surface area (Å²) in [7, 11) is 0. The second-order valence-electron chi connectivity index (χ2n) is 13.8. The molecule has 0 bridgehead atoms. The van der Waals surface area contributed by atoms with Crippen LogP contribution in [0.2, 0.25) is 0 Å². The number of rotatable bonds is 13. The molecule has 2 atom stereocenters. The van der Waals surface area contributed by atoms with Crippen LogP contribution in [-0.4, -0.2) is 42.2 Å². The summed E-state index contributed by atoms with van der Waals surface area (Å²) in [6.45, 7) is 12.9. The maximum Gasteiger partial charge on any atom is 0.341 e. The number of thiophene rings is 1. The highest BCUT2D eigenvalue weighted by Gasteiger charge is 2.35. The number of amides is 3. The lowest BCUT2D eigenvalue weighted by Crippen LogP contribution is -2.30. The summed E-state index contributed by atoms with van der Waals surface area (Å²) in [6, 6.07) is 23.1. The SMILES string of the molecule is CCOC(=O)c1c(NC(=O)C(C)Sc2cccc(NC(=O)/C(=C\c3ccccc3OCC)NC(=O)c3ccccc3)c2)sc2c1CCC(C(C)(C)C)C2. The minimum Gasteiger partial charge on any atom is -0.493 e. The molecule has 278 valence electrons. The van der Waals surface area contributed by atoms with Gasteiger partial charge in [-0.15, -0.1) is 23.1 Å². The molecular weight excluding hydrogens is 707 g/mol. The number of carbonyl (C=O) groups excluding carboxylic acids is 4. The van der Waals surface area contributed by atoms with E-state index in [-0.39, 0.29) is 23.6 Å². The first-order chi connectivity index (χ1) is 25.4. The van der Waals surface area contributed by atoms with Gasteiger partial charge in [0.05, 0.1) is 24.0 Å². The van der Waals surface area contributed by atoms with Crippen molar-refractivity contribution in [3.8, 4) is 5.75 Å². The zero-order chi connectivity index (χ0) is 38.1. The number of ether oxygens (including phenoxy) is 2. The summed E-state index contributed by atoms with van der Waals surface area (Å²) in [5.74, 6) is -0.568. The van der Waals surface area contributed by atoms with Gasteiger partial charge in [0, 0.05) is 26.6 Å². The Labute approximate surface area is 319 Å². The van der Waals surface area contributed by atoms with E-state index in [1.807, 2.05) is 31.2 Å². The summed E-state index contributed by atoms with van der Waals surface area (Å²) in [4.78, 5) is 55.5. The number of hydrogen-bond acceptors (Lipinski definition) is 8. The number of fused-ring (bicyclic) bond motifs is 1. The standard InChI is InChI=1S/C42H47N3O6S2/c1-7-50-34-20-13-12-17-28(34)23-33(44-38(47)27-15-10-9-11-16-27)39(48)43-30-18-14-19-31(25-30)52-26(3)37(46)45-40-36(41(49)51-8-2)32-22-21-29(42(4,5)6)24-35(32)53-40/h9-20,23,25-26,29H,7-8,21-22,24H2,1-6H3,(H,43,48)(H,44,47)(H,45,46)/b33-23+. The van der Waals surface area contributed by atoms with Gasteiger partial charge in [-0.1, -0.05) is 63.2 Å². The van der Waals surface area contributed by atoms with Crippen LogP contribution in [0.3, 0.4) is 0 Å². The van der Waals surface area contributed by atoms with Gasteiger partial charge in [0.1, 0.15) is 16.4 Å². The fourth-order valence-corrected chi connectivity index (χ4v) is 8.38. The van der Waals surface area contributed by atoms with Crippen molar-refractivity contribution in [2.45, 2.75) is 71.0 Å². The molecule has 0 saturated carbocycles. The Balaban J connectivity index is 1.32. The number of hydrogen-bond donors (Lipinski definition) is 3. The number of anilines is 2. The second kappa shape index (κ2) is 17.8. The monoisotopic (exact) mass is 753 g/mol. The highest BCUT2D eigenvalue weighted by atomic mass is 32.2. The molecule has 1 aliphatic rings. The summed E-state index contributed by atoms with van der Waals surface area (Å²) in [6.07, 6.45) is 4.19. The number of carbonyl (C=O) groups is 4. The first-order valence-corrected chi connectivity index (χ1v) is 19.6. The first-order valence-electron chi connectivity index (χ1n) is 17.9. The Bertz CT molecular complexity index is 1980. The second-order valence-corrected chi connectivity index (χ2v) is 16.3. The van der Waals surface area contributed by atoms with E-state index in [2.05, 4.69) is 36.7 Å². The van der Waals surface area contributed by atoms with Crippen LogP contribution in [0, 0.1) is 11.3 Å². The number of esters is 1. The van der Waals surface area contributed by atoms with E-state index in [0.717, 1.165) is 34.6 Å². The van der Waals surface area contributed by atoms with Gasteiger partial charge in [-0.2, -0.15) is 0 Å². The molecule has 3 amide bonds. The maximum atomic E-state index is 13.7. The Kier molecular flexibility index (Phi) is 13.2. The maximum absolute atomic E-state index is 13.7. The molecule has 4 aromatic rings. The normalized spacial score (nSPS) is 14.8. The first kappa shape index (κ1) is 39.3. The molecule has 0 spiro atoms. The molecule has 2 unspecified atom stereocenters. The van der Waals surface area contributed by atoms with Crippen LogP contribution in [0.15, 0.2) is 89.5 Å². The van der Waals surface area contributed by atoms with Crippen LogP contribution >= 0.6 is 23.1 Å². The van der Waals surface area contributed by atoms with Crippen molar-refractivity contribution in [3.05, 3.63) is 112 Å². The molecule has 11 heteroatoms. The van der Waals surface area contributed by atoms with Crippen LogP contribution in [-0.2, 0) is 27.2 Å². The summed E-state index contributed by atoms with van der Waals surface area (Å²) < 4.78 is 11.2. The predicted octanol–water partition coefficient (Wildman–Crippen LogP) is 9.00. The van der Waals surface area contributed by atoms with Gasteiger partial charge in [-0.3, -0.25) is 14.4 Å². The molecular formula is C42H47N3O6S2. The summed E-state index contributed by atoms with van der Waals surface area (Å²) in [5.41, 5.74) is 3.14. The zero-order valence-corrected chi connectivity index (χ0v) is 32.7. The molecule has 5 rings (SSSR count).